The second-order valence-electron chi connectivity index (χ2n) is 5.11. The molecule has 0 spiro atoms. The minimum absolute atomic E-state index is 0.497. The Morgan fingerprint density at radius 1 is 1.00 bits per heavy atom. The summed E-state index contributed by atoms with van der Waals surface area (Å²) in [5.74, 6) is 0.530. The van der Waals surface area contributed by atoms with Crippen LogP contribution in [0.4, 0.5) is 0 Å². The molecule has 0 bridgehead atoms. The van der Waals surface area contributed by atoms with E-state index in [0.29, 0.717) is 5.92 Å². The quantitative estimate of drug-likeness (QED) is 0.857. The van der Waals surface area contributed by atoms with E-state index < -0.39 is 6.10 Å². The van der Waals surface area contributed by atoms with Crippen molar-refractivity contribution in [3.05, 3.63) is 56.8 Å². The summed E-state index contributed by atoms with van der Waals surface area (Å²) in [6, 6.07) is 10.4. The molecule has 18 heavy (non-hydrogen) atoms. The molecule has 1 N–H and O–H groups in total. The molecule has 0 saturated heterocycles. The van der Waals surface area contributed by atoms with Gasteiger partial charge in [-0.3, -0.25) is 0 Å². The Morgan fingerprint density at radius 2 is 1.56 bits per heavy atom. The van der Waals surface area contributed by atoms with E-state index in [1.807, 2.05) is 12.1 Å². The van der Waals surface area contributed by atoms with Crippen molar-refractivity contribution >= 4 is 11.3 Å². The molecule has 2 aromatic rings. The topological polar surface area (TPSA) is 20.2 Å². The number of aliphatic hydroxyl groups is 1. The monoisotopic (exact) mass is 260 g/mol. The molecule has 0 aliphatic carbocycles. The fourth-order valence-electron chi connectivity index (χ4n) is 1.96. The SMILES string of the molecule is Cc1cc(C(O)c2ccc(C(C)C)cc2)sc1C. The number of benzene rings is 1. The van der Waals surface area contributed by atoms with Gasteiger partial charge in [0.15, 0.2) is 0 Å². The number of hydrogen-bond acceptors (Lipinski definition) is 2. The van der Waals surface area contributed by atoms with Crippen molar-refractivity contribution in [2.24, 2.45) is 0 Å². The van der Waals surface area contributed by atoms with Crippen LogP contribution in [0.25, 0.3) is 0 Å². The van der Waals surface area contributed by atoms with Crippen LogP contribution in [-0.4, -0.2) is 5.11 Å². The van der Waals surface area contributed by atoms with Crippen molar-refractivity contribution in [3.63, 3.8) is 0 Å². The number of hydrogen-bond donors (Lipinski definition) is 1. The van der Waals surface area contributed by atoms with Crippen LogP contribution >= 0.6 is 11.3 Å². The first-order chi connectivity index (χ1) is 8.49. The van der Waals surface area contributed by atoms with Gasteiger partial charge in [0.2, 0.25) is 0 Å². The summed E-state index contributed by atoms with van der Waals surface area (Å²) < 4.78 is 0. The third-order valence-corrected chi connectivity index (χ3v) is 4.58. The van der Waals surface area contributed by atoms with E-state index in [1.54, 1.807) is 11.3 Å². The Morgan fingerprint density at radius 3 is 2.00 bits per heavy atom. The number of aryl methyl sites for hydroxylation is 2. The van der Waals surface area contributed by atoms with Gasteiger partial charge >= 0.3 is 0 Å². The Hall–Kier alpha value is -1.12. The predicted molar refractivity (Wildman–Crippen MR) is 78.4 cm³/mol. The Balaban J connectivity index is 2.25. The smallest absolute Gasteiger partial charge is 0.113 e. The zero-order valence-electron chi connectivity index (χ0n) is 11.4. The van der Waals surface area contributed by atoms with E-state index in [4.69, 9.17) is 0 Å². The van der Waals surface area contributed by atoms with Gasteiger partial charge in [0.25, 0.3) is 0 Å². The van der Waals surface area contributed by atoms with Crippen molar-refractivity contribution in [1.82, 2.24) is 0 Å². The first-order valence-electron chi connectivity index (χ1n) is 6.34. The van der Waals surface area contributed by atoms with Crippen molar-refractivity contribution < 1.29 is 5.11 Å². The predicted octanol–water partition coefficient (Wildman–Crippen LogP) is 4.57. The van der Waals surface area contributed by atoms with E-state index in [-0.39, 0.29) is 0 Å². The molecule has 0 aliphatic heterocycles. The van der Waals surface area contributed by atoms with Crippen molar-refractivity contribution in [1.29, 1.82) is 0 Å². The lowest BCUT2D eigenvalue weighted by Crippen LogP contribution is -1.97. The van der Waals surface area contributed by atoms with Crippen molar-refractivity contribution in [2.75, 3.05) is 0 Å². The molecule has 96 valence electrons. The summed E-state index contributed by atoms with van der Waals surface area (Å²) in [7, 11) is 0. The molecule has 1 aromatic heterocycles. The molecular weight excluding hydrogens is 240 g/mol. The molecule has 0 radical (unpaired) electrons. The minimum atomic E-state index is -0.497. The summed E-state index contributed by atoms with van der Waals surface area (Å²) in [5.41, 5.74) is 3.54. The van der Waals surface area contributed by atoms with Crippen LogP contribution in [0, 0.1) is 13.8 Å². The lowest BCUT2D eigenvalue weighted by Gasteiger charge is -2.11. The van der Waals surface area contributed by atoms with Crippen molar-refractivity contribution in [3.8, 4) is 0 Å². The molecule has 0 amide bonds. The van der Waals surface area contributed by atoms with E-state index in [1.165, 1.54) is 16.0 Å². The maximum absolute atomic E-state index is 10.4. The van der Waals surface area contributed by atoms with Gasteiger partial charge in [-0.1, -0.05) is 38.1 Å². The summed E-state index contributed by atoms with van der Waals surface area (Å²) in [4.78, 5) is 2.31. The molecule has 2 heteroatoms. The van der Waals surface area contributed by atoms with E-state index in [0.717, 1.165) is 10.4 Å². The number of thiophene rings is 1. The Bertz CT molecular complexity index is 503. The molecule has 1 atom stereocenters. The molecule has 1 nitrogen and oxygen atoms in total. The third-order valence-electron chi connectivity index (χ3n) is 3.37. The second-order valence-corrected chi connectivity index (χ2v) is 6.40. The van der Waals surface area contributed by atoms with E-state index >= 15 is 0 Å². The maximum Gasteiger partial charge on any atom is 0.113 e. The average molecular weight is 260 g/mol. The van der Waals surface area contributed by atoms with E-state index in [9.17, 15) is 5.11 Å². The van der Waals surface area contributed by atoms with E-state index in [2.05, 4.69) is 45.9 Å². The van der Waals surface area contributed by atoms with Gasteiger partial charge < -0.3 is 5.11 Å². The lowest BCUT2D eigenvalue weighted by atomic mass is 9.99. The highest BCUT2D eigenvalue weighted by atomic mass is 32.1. The minimum Gasteiger partial charge on any atom is -0.383 e. The normalized spacial score (nSPS) is 13.0. The van der Waals surface area contributed by atoms with Gasteiger partial charge in [-0.25, -0.2) is 0 Å². The molecule has 1 aromatic carbocycles. The van der Waals surface area contributed by atoms with Crippen LogP contribution in [-0.2, 0) is 0 Å². The van der Waals surface area contributed by atoms with Gasteiger partial charge in [0, 0.05) is 9.75 Å². The van der Waals surface area contributed by atoms with Crippen LogP contribution in [0.2, 0.25) is 0 Å². The first-order valence-corrected chi connectivity index (χ1v) is 7.15. The summed E-state index contributed by atoms with van der Waals surface area (Å²) in [6.07, 6.45) is -0.497. The second kappa shape index (κ2) is 5.25. The first kappa shape index (κ1) is 13.3. The highest BCUT2D eigenvalue weighted by molar-refractivity contribution is 7.12. The molecular formula is C16H20OS. The van der Waals surface area contributed by atoms with Crippen LogP contribution in [0.1, 0.15) is 52.3 Å². The maximum atomic E-state index is 10.4. The summed E-state index contributed by atoms with van der Waals surface area (Å²) in [6.45, 7) is 8.54. The third kappa shape index (κ3) is 2.65. The highest BCUT2D eigenvalue weighted by Crippen LogP contribution is 2.31. The molecule has 1 unspecified atom stereocenters. The van der Waals surface area contributed by atoms with Gasteiger partial charge in [0.05, 0.1) is 0 Å². The molecule has 0 saturated carbocycles. The van der Waals surface area contributed by atoms with Crippen LogP contribution in [0.15, 0.2) is 30.3 Å². The van der Waals surface area contributed by atoms with Crippen LogP contribution in [0.5, 0.6) is 0 Å². The van der Waals surface area contributed by atoms with Gasteiger partial charge in [-0.2, -0.15) is 0 Å². The number of rotatable bonds is 3. The fourth-order valence-corrected chi connectivity index (χ4v) is 3.02. The summed E-state index contributed by atoms with van der Waals surface area (Å²) in [5, 5.41) is 10.4. The molecule has 0 aliphatic rings. The molecule has 1 heterocycles. The van der Waals surface area contributed by atoms with Gasteiger partial charge in [0.1, 0.15) is 6.10 Å². The Kier molecular flexibility index (Phi) is 3.88. The van der Waals surface area contributed by atoms with Crippen molar-refractivity contribution in [2.45, 2.75) is 39.7 Å². The Labute approximate surface area is 113 Å². The fraction of sp³-hybridized carbons (Fsp3) is 0.375. The highest BCUT2D eigenvalue weighted by Gasteiger charge is 2.14. The van der Waals surface area contributed by atoms with Gasteiger partial charge in [-0.15, -0.1) is 11.3 Å². The lowest BCUT2D eigenvalue weighted by molar-refractivity contribution is 0.224. The zero-order chi connectivity index (χ0) is 13.3. The molecule has 0 fully saturated rings. The van der Waals surface area contributed by atoms with Crippen LogP contribution in [0.3, 0.4) is 0 Å². The standard InChI is InChI=1S/C16H20OS/c1-10(2)13-5-7-14(8-6-13)16(17)15-9-11(3)12(4)18-15/h5-10,16-17H,1-4H3. The summed E-state index contributed by atoms with van der Waals surface area (Å²) >= 11 is 1.68. The van der Waals surface area contributed by atoms with Crippen LogP contribution < -0.4 is 0 Å². The largest absolute Gasteiger partial charge is 0.383 e. The number of aliphatic hydroxyl groups excluding tert-OH is 1. The average Bonchev–Trinajstić information content (AvgIpc) is 2.69. The zero-order valence-corrected chi connectivity index (χ0v) is 12.2. The molecule has 2 rings (SSSR count). The van der Waals surface area contributed by atoms with Gasteiger partial charge in [-0.05, 0) is 42.5 Å².